The lowest BCUT2D eigenvalue weighted by molar-refractivity contribution is 0.153. The summed E-state index contributed by atoms with van der Waals surface area (Å²) in [5.74, 6) is 2.11. The molecule has 0 radical (unpaired) electrons. The molecule has 2 aromatic carbocycles. The normalized spacial score (nSPS) is 16.2. The zero-order valence-electron chi connectivity index (χ0n) is 24.2. The van der Waals surface area contributed by atoms with Crippen molar-refractivity contribution in [2.45, 2.75) is 51.1 Å². The van der Waals surface area contributed by atoms with E-state index in [-0.39, 0.29) is 51.4 Å². The van der Waals surface area contributed by atoms with E-state index in [1.165, 1.54) is 30.5 Å². The van der Waals surface area contributed by atoms with Crippen LogP contribution in [0.5, 0.6) is 11.8 Å². The van der Waals surface area contributed by atoms with E-state index in [9.17, 15) is 5.11 Å². The number of nitrogens with zero attached hydrogens (tertiary/aromatic N) is 5. The zero-order valence-corrected chi connectivity index (χ0v) is 24.2. The van der Waals surface area contributed by atoms with E-state index in [4.69, 9.17) is 16.9 Å². The number of fused-ring (bicyclic) bond motifs is 2. The van der Waals surface area contributed by atoms with E-state index in [2.05, 4.69) is 25.8 Å². The number of nitrogens with two attached hydrogens (primary N) is 1. The summed E-state index contributed by atoms with van der Waals surface area (Å²) >= 11 is 0. The van der Waals surface area contributed by atoms with Crippen LogP contribution >= 0.6 is 0 Å². The zero-order chi connectivity index (χ0) is 30.7. The molecule has 11 heteroatoms. The molecule has 8 nitrogen and oxygen atoms in total. The van der Waals surface area contributed by atoms with Gasteiger partial charge in [0.2, 0.25) is 0 Å². The van der Waals surface area contributed by atoms with Gasteiger partial charge in [-0.25, -0.2) is 13.2 Å². The summed E-state index contributed by atoms with van der Waals surface area (Å²) in [6.07, 6.45) is 6.84. The molecule has 2 atom stereocenters. The number of halogens is 3. The fraction of sp³-hybridized carbons (Fsp3) is 0.406. The minimum Gasteiger partial charge on any atom is -0.508 e. The summed E-state index contributed by atoms with van der Waals surface area (Å²) in [6, 6.07) is 6.74. The number of phenolic OH excluding ortho intramolecular Hbond substituents is 1. The number of anilines is 1. The van der Waals surface area contributed by atoms with Crippen LogP contribution in [0.1, 0.15) is 44.6 Å². The van der Waals surface area contributed by atoms with E-state index in [0.29, 0.717) is 43.7 Å². The molecule has 1 aliphatic heterocycles. The monoisotopic (exact) mass is 592 g/mol. The molecular formula is C32H35F3N6O2. The largest absolute Gasteiger partial charge is 0.508 e. The molecule has 3 heterocycles. The van der Waals surface area contributed by atoms with E-state index in [1.807, 2.05) is 18.9 Å². The van der Waals surface area contributed by atoms with Crippen molar-refractivity contribution < 1.29 is 23.0 Å². The maximum Gasteiger partial charge on any atom is 0.319 e. The summed E-state index contributed by atoms with van der Waals surface area (Å²) in [7, 11) is 2.01. The Balaban J connectivity index is 1.71. The Hall–Kier alpha value is -4.14. The molecule has 2 aromatic heterocycles. The SMILES string of the molecule is C#CCCC(N)CN(CC)c1nc(OCC2CCCN2C)nc2c(C(F)F)c(-c3cc(O)cc4cccc(F)c34)ncc12. The van der Waals surface area contributed by atoms with Crippen LogP contribution in [0.3, 0.4) is 0 Å². The van der Waals surface area contributed by atoms with Gasteiger partial charge in [-0.2, -0.15) is 9.97 Å². The van der Waals surface area contributed by atoms with E-state index < -0.39 is 17.8 Å². The molecule has 2 unspecified atom stereocenters. The molecule has 0 bridgehead atoms. The van der Waals surface area contributed by atoms with Crippen molar-refractivity contribution in [1.29, 1.82) is 0 Å². The third-order valence-electron chi connectivity index (χ3n) is 7.99. The molecule has 1 saturated heterocycles. The van der Waals surface area contributed by atoms with Crippen LogP contribution in [-0.2, 0) is 0 Å². The summed E-state index contributed by atoms with van der Waals surface area (Å²) in [6.45, 7) is 3.97. The Bertz CT molecular complexity index is 1660. The van der Waals surface area contributed by atoms with E-state index in [0.717, 1.165) is 19.4 Å². The highest BCUT2D eigenvalue weighted by atomic mass is 19.3. The van der Waals surface area contributed by atoms with Crippen LogP contribution < -0.4 is 15.4 Å². The number of likely N-dealkylation sites (N-methyl/N-ethyl adjacent to an activating group) is 2. The number of phenols is 1. The van der Waals surface area contributed by atoms with Crippen molar-refractivity contribution in [2.24, 2.45) is 5.73 Å². The Morgan fingerprint density at radius 3 is 2.79 bits per heavy atom. The number of ether oxygens (including phenoxy) is 1. The molecule has 5 rings (SSSR count). The molecular weight excluding hydrogens is 557 g/mol. The number of rotatable bonds is 11. The molecule has 1 aliphatic rings. The lowest BCUT2D eigenvalue weighted by atomic mass is 9.96. The lowest BCUT2D eigenvalue weighted by Gasteiger charge is -2.27. The Labute approximate surface area is 248 Å². The molecule has 1 fully saturated rings. The van der Waals surface area contributed by atoms with Crippen LogP contribution in [-0.4, -0.2) is 70.3 Å². The van der Waals surface area contributed by atoms with Gasteiger partial charge >= 0.3 is 6.01 Å². The topological polar surface area (TPSA) is 101 Å². The molecule has 0 aliphatic carbocycles. The van der Waals surface area contributed by atoms with Gasteiger partial charge in [0, 0.05) is 48.7 Å². The smallest absolute Gasteiger partial charge is 0.319 e. The standard InChI is InChI=1S/C32H35F3N6O2/c1-4-6-10-20(36)17-41(5-2)31-24-16-37-28(23-15-22(42)14-19-9-7-12-25(33)26(19)23)27(30(34)35)29(24)38-32(39-31)43-18-21-11-8-13-40(21)3/h1,7,9,12,14-16,20-21,30,42H,5-6,8,10-11,13,17-18,36H2,2-3H3. The van der Waals surface area contributed by atoms with Gasteiger partial charge in [0.1, 0.15) is 24.0 Å². The second-order valence-electron chi connectivity index (χ2n) is 10.9. The Morgan fingerprint density at radius 2 is 2.09 bits per heavy atom. The molecule has 3 N–H and O–H groups in total. The van der Waals surface area contributed by atoms with Crippen molar-refractivity contribution in [2.75, 3.05) is 38.2 Å². The fourth-order valence-electron chi connectivity index (χ4n) is 5.72. The Morgan fingerprint density at radius 1 is 1.28 bits per heavy atom. The number of pyridine rings is 1. The van der Waals surface area contributed by atoms with Gasteiger partial charge in [0.15, 0.2) is 0 Å². The molecule has 43 heavy (non-hydrogen) atoms. The van der Waals surface area contributed by atoms with E-state index >= 15 is 13.2 Å². The molecule has 0 amide bonds. The van der Waals surface area contributed by atoms with Crippen LogP contribution in [0, 0.1) is 18.2 Å². The van der Waals surface area contributed by atoms with Gasteiger partial charge in [0.25, 0.3) is 6.43 Å². The number of hydrogen-bond donors (Lipinski definition) is 2. The van der Waals surface area contributed by atoms with Crippen LogP contribution in [0.15, 0.2) is 36.5 Å². The van der Waals surface area contributed by atoms with Gasteiger partial charge in [0.05, 0.1) is 22.2 Å². The highest BCUT2D eigenvalue weighted by molar-refractivity contribution is 6.01. The van der Waals surface area contributed by atoms with Crippen LogP contribution in [0.2, 0.25) is 0 Å². The number of benzene rings is 2. The number of aromatic nitrogens is 3. The number of terminal acetylenes is 1. The maximum atomic E-state index is 15.1. The van der Waals surface area contributed by atoms with Crippen LogP contribution in [0.4, 0.5) is 19.0 Å². The average Bonchev–Trinajstić information content (AvgIpc) is 3.40. The first kappa shape index (κ1) is 30.3. The van der Waals surface area contributed by atoms with Crippen LogP contribution in [0.25, 0.3) is 32.9 Å². The quantitative estimate of drug-likeness (QED) is 0.215. The summed E-state index contributed by atoms with van der Waals surface area (Å²) in [5.41, 5.74) is 5.63. The summed E-state index contributed by atoms with van der Waals surface area (Å²) in [5, 5.41) is 11.1. The molecule has 0 saturated carbocycles. The van der Waals surface area contributed by atoms with Crippen molar-refractivity contribution in [3.05, 3.63) is 47.9 Å². The van der Waals surface area contributed by atoms with Crippen molar-refractivity contribution in [1.82, 2.24) is 19.9 Å². The number of alkyl halides is 2. The second kappa shape index (κ2) is 13.0. The minimum atomic E-state index is -3.04. The van der Waals surface area contributed by atoms with Gasteiger partial charge in [-0.15, -0.1) is 12.3 Å². The predicted octanol–water partition coefficient (Wildman–Crippen LogP) is 5.67. The van der Waals surface area contributed by atoms with E-state index in [1.54, 1.807) is 6.07 Å². The van der Waals surface area contributed by atoms with Crippen molar-refractivity contribution in [3.8, 4) is 35.4 Å². The fourth-order valence-corrected chi connectivity index (χ4v) is 5.72. The summed E-state index contributed by atoms with van der Waals surface area (Å²) in [4.78, 5) is 17.6. The maximum absolute atomic E-state index is 15.1. The van der Waals surface area contributed by atoms with Gasteiger partial charge in [-0.3, -0.25) is 4.98 Å². The minimum absolute atomic E-state index is 0.0316. The second-order valence-corrected chi connectivity index (χ2v) is 10.9. The number of aromatic hydroxyl groups is 1. The van der Waals surface area contributed by atoms with Gasteiger partial charge < -0.3 is 25.4 Å². The van der Waals surface area contributed by atoms with Crippen molar-refractivity contribution in [3.63, 3.8) is 0 Å². The first-order valence-electron chi connectivity index (χ1n) is 14.4. The molecule has 4 aromatic rings. The van der Waals surface area contributed by atoms with Gasteiger partial charge in [-0.05, 0) is 63.4 Å². The number of hydrogen-bond acceptors (Lipinski definition) is 8. The third-order valence-corrected chi connectivity index (χ3v) is 7.99. The Kier molecular flexibility index (Phi) is 9.18. The summed E-state index contributed by atoms with van der Waals surface area (Å²) < 4.78 is 51.3. The van der Waals surface area contributed by atoms with Gasteiger partial charge in [-0.1, -0.05) is 12.1 Å². The first-order chi connectivity index (χ1) is 20.7. The molecule has 226 valence electrons. The average molecular weight is 593 g/mol. The highest BCUT2D eigenvalue weighted by Gasteiger charge is 2.28. The third kappa shape index (κ3) is 6.31. The molecule has 0 spiro atoms. The predicted molar refractivity (Wildman–Crippen MR) is 162 cm³/mol. The first-order valence-corrected chi connectivity index (χ1v) is 14.4. The lowest BCUT2D eigenvalue weighted by Crippen LogP contribution is -2.38. The van der Waals surface area contributed by atoms with Crippen molar-refractivity contribution >= 4 is 27.5 Å². The number of likely N-dealkylation sites (tertiary alicyclic amines) is 1. The highest BCUT2D eigenvalue weighted by Crippen LogP contribution is 2.42.